The third kappa shape index (κ3) is 3.94. The zero-order valence-electron chi connectivity index (χ0n) is 7.98. The van der Waals surface area contributed by atoms with E-state index in [4.69, 9.17) is 0 Å². The molecule has 0 saturated carbocycles. The van der Waals surface area contributed by atoms with E-state index in [-0.39, 0.29) is 4.90 Å². The summed E-state index contributed by atoms with van der Waals surface area (Å²) in [4.78, 5) is 9.48. The SMILES string of the molecule is O=[C]NS(=O)(=O)c1ccc(OC(F)(F)F)cc1. The Hall–Kier alpha value is -1.77. The molecule has 1 radical (unpaired) electrons. The van der Waals surface area contributed by atoms with E-state index in [0.29, 0.717) is 0 Å². The number of sulfonamides is 1. The fourth-order valence-electron chi connectivity index (χ4n) is 0.934. The number of ether oxygens (including phenoxy) is 1. The molecule has 0 unspecified atom stereocenters. The number of carbonyl (C=O) groups excluding carboxylic acids is 1. The van der Waals surface area contributed by atoms with Crippen LogP contribution >= 0.6 is 0 Å². The van der Waals surface area contributed by atoms with E-state index in [1.165, 1.54) is 4.72 Å². The molecule has 9 heteroatoms. The molecule has 0 heterocycles. The van der Waals surface area contributed by atoms with Gasteiger partial charge in [-0.3, -0.25) is 4.79 Å². The summed E-state index contributed by atoms with van der Waals surface area (Å²) >= 11 is 0. The molecule has 0 saturated heterocycles. The normalized spacial score (nSPS) is 11.9. The Morgan fingerprint density at radius 2 is 1.71 bits per heavy atom. The van der Waals surface area contributed by atoms with Gasteiger partial charge in [-0.25, -0.2) is 13.1 Å². The summed E-state index contributed by atoms with van der Waals surface area (Å²) < 4.78 is 62.7. The van der Waals surface area contributed by atoms with Gasteiger partial charge in [0, 0.05) is 0 Å². The molecule has 0 aliphatic rings. The van der Waals surface area contributed by atoms with E-state index in [0.717, 1.165) is 30.7 Å². The van der Waals surface area contributed by atoms with Gasteiger partial charge in [0.1, 0.15) is 5.75 Å². The minimum Gasteiger partial charge on any atom is -0.406 e. The summed E-state index contributed by atoms with van der Waals surface area (Å²) in [5.41, 5.74) is 0. The Balaban J connectivity index is 2.93. The largest absolute Gasteiger partial charge is 0.573 e. The fourth-order valence-corrected chi connectivity index (χ4v) is 1.66. The minimum absolute atomic E-state index is 0.379. The van der Waals surface area contributed by atoms with Gasteiger partial charge in [-0.05, 0) is 24.3 Å². The average molecular weight is 268 g/mol. The van der Waals surface area contributed by atoms with Crippen LogP contribution in [0, 0.1) is 0 Å². The van der Waals surface area contributed by atoms with Crippen LogP contribution in [0.4, 0.5) is 13.2 Å². The third-order valence-corrected chi connectivity index (χ3v) is 2.79. The zero-order valence-corrected chi connectivity index (χ0v) is 8.80. The Morgan fingerprint density at radius 1 is 1.18 bits per heavy atom. The van der Waals surface area contributed by atoms with Crippen molar-refractivity contribution in [2.24, 2.45) is 0 Å². The van der Waals surface area contributed by atoms with E-state index < -0.39 is 22.1 Å². The first-order valence-corrected chi connectivity index (χ1v) is 5.48. The lowest BCUT2D eigenvalue weighted by Crippen LogP contribution is -2.21. The van der Waals surface area contributed by atoms with Crippen molar-refractivity contribution in [1.82, 2.24) is 4.72 Å². The van der Waals surface area contributed by atoms with Crippen molar-refractivity contribution < 1.29 is 31.1 Å². The van der Waals surface area contributed by atoms with E-state index in [1.807, 2.05) is 0 Å². The molecular formula is C8H5F3NO4S. The van der Waals surface area contributed by atoms with Crippen LogP contribution in [0.3, 0.4) is 0 Å². The van der Waals surface area contributed by atoms with Gasteiger partial charge in [0.05, 0.1) is 4.90 Å². The van der Waals surface area contributed by atoms with Crippen LogP contribution in [0.5, 0.6) is 5.75 Å². The molecule has 1 aromatic carbocycles. The fraction of sp³-hybridized carbons (Fsp3) is 0.125. The average Bonchev–Trinajstić information content (AvgIpc) is 2.15. The molecule has 0 atom stereocenters. The van der Waals surface area contributed by atoms with Gasteiger partial charge >= 0.3 is 12.8 Å². The smallest absolute Gasteiger partial charge is 0.406 e. The number of hydrogen-bond donors (Lipinski definition) is 1. The molecule has 0 bridgehead atoms. The van der Waals surface area contributed by atoms with Crippen molar-refractivity contribution in [2.75, 3.05) is 0 Å². The first-order chi connectivity index (χ1) is 7.74. The van der Waals surface area contributed by atoms with Gasteiger partial charge in [-0.15, -0.1) is 13.2 Å². The maximum Gasteiger partial charge on any atom is 0.573 e. The van der Waals surface area contributed by atoms with Crippen molar-refractivity contribution >= 4 is 16.4 Å². The number of halogens is 3. The molecule has 0 aliphatic heterocycles. The third-order valence-electron chi connectivity index (χ3n) is 1.54. The first kappa shape index (κ1) is 13.3. The Morgan fingerprint density at radius 3 is 2.12 bits per heavy atom. The number of rotatable bonds is 4. The van der Waals surface area contributed by atoms with Crippen molar-refractivity contribution in [2.45, 2.75) is 11.3 Å². The molecule has 0 fully saturated rings. The number of alkyl halides is 3. The summed E-state index contributed by atoms with van der Waals surface area (Å²) in [6.45, 7) is 0. The van der Waals surface area contributed by atoms with Gasteiger partial charge in [0.15, 0.2) is 0 Å². The van der Waals surface area contributed by atoms with E-state index in [1.54, 1.807) is 0 Å². The van der Waals surface area contributed by atoms with E-state index in [2.05, 4.69) is 4.74 Å². The highest BCUT2D eigenvalue weighted by molar-refractivity contribution is 7.90. The molecule has 1 amide bonds. The second-order valence-electron chi connectivity index (χ2n) is 2.73. The molecule has 93 valence electrons. The highest BCUT2D eigenvalue weighted by Crippen LogP contribution is 2.23. The van der Waals surface area contributed by atoms with Crippen LogP contribution in [0.15, 0.2) is 29.2 Å². The second-order valence-corrected chi connectivity index (χ2v) is 4.41. The number of nitrogens with one attached hydrogen (secondary N) is 1. The molecule has 5 nitrogen and oxygen atoms in total. The standard InChI is InChI=1S/C8H5F3NO4S/c9-8(10,11)16-6-1-3-7(4-2-6)17(14,15)12-5-13/h1-4H,(H,12,13). The Bertz CT molecular complexity index is 494. The molecular weight excluding hydrogens is 263 g/mol. The van der Waals surface area contributed by atoms with Gasteiger partial charge < -0.3 is 4.74 Å². The van der Waals surface area contributed by atoms with E-state index in [9.17, 15) is 26.4 Å². The Labute approximate surface area is 94.2 Å². The summed E-state index contributed by atoms with van der Waals surface area (Å²) in [5, 5.41) is 0. The highest BCUT2D eigenvalue weighted by Gasteiger charge is 2.31. The van der Waals surface area contributed by atoms with Gasteiger partial charge in [-0.1, -0.05) is 0 Å². The molecule has 17 heavy (non-hydrogen) atoms. The van der Waals surface area contributed by atoms with Crippen LogP contribution in [-0.2, 0) is 14.8 Å². The van der Waals surface area contributed by atoms with Gasteiger partial charge in [0.2, 0.25) is 0 Å². The molecule has 1 aromatic rings. The lowest BCUT2D eigenvalue weighted by atomic mass is 10.3. The number of hydrogen-bond acceptors (Lipinski definition) is 4. The predicted molar refractivity (Wildman–Crippen MR) is 49.1 cm³/mol. The maximum absolute atomic E-state index is 11.8. The van der Waals surface area contributed by atoms with Crippen LogP contribution < -0.4 is 9.46 Å². The number of amides is 1. The van der Waals surface area contributed by atoms with Crippen LogP contribution in [0.25, 0.3) is 0 Å². The summed E-state index contributed by atoms with van der Waals surface area (Å²) in [7, 11) is -4.08. The molecule has 1 rings (SSSR count). The van der Waals surface area contributed by atoms with Crippen LogP contribution in [0.1, 0.15) is 0 Å². The summed E-state index contributed by atoms with van der Waals surface area (Å²) in [6, 6.07) is 3.35. The van der Waals surface area contributed by atoms with Crippen LogP contribution in [0.2, 0.25) is 0 Å². The van der Waals surface area contributed by atoms with Crippen molar-refractivity contribution in [3.63, 3.8) is 0 Å². The second kappa shape index (κ2) is 4.62. The van der Waals surface area contributed by atoms with E-state index >= 15 is 0 Å². The zero-order chi connectivity index (χ0) is 13.1. The van der Waals surface area contributed by atoms with Crippen molar-refractivity contribution in [1.29, 1.82) is 0 Å². The lowest BCUT2D eigenvalue weighted by molar-refractivity contribution is -0.274. The molecule has 1 N–H and O–H groups in total. The topological polar surface area (TPSA) is 72.5 Å². The highest BCUT2D eigenvalue weighted by atomic mass is 32.2. The lowest BCUT2D eigenvalue weighted by Gasteiger charge is -2.09. The number of benzene rings is 1. The van der Waals surface area contributed by atoms with Crippen molar-refractivity contribution in [3.05, 3.63) is 24.3 Å². The van der Waals surface area contributed by atoms with Crippen LogP contribution in [-0.4, -0.2) is 21.2 Å². The molecule has 0 spiro atoms. The summed E-state index contributed by atoms with van der Waals surface area (Å²) in [6.07, 6.45) is -3.89. The van der Waals surface area contributed by atoms with Gasteiger partial charge in [0.25, 0.3) is 10.0 Å². The first-order valence-electron chi connectivity index (χ1n) is 3.99. The summed E-state index contributed by atoms with van der Waals surface area (Å²) in [5.74, 6) is -0.563. The molecule has 0 aromatic heterocycles. The monoisotopic (exact) mass is 268 g/mol. The quantitative estimate of drug-likeness (QED) is 0.824. The molecule has 0 aliphatic carbocycles. The van der Waals surface area contributed by atoms with Crippen molar-refractivity contribution in [3.8, 4) is 5.75 Å². The minimum atomic E-state index is -4.85. The predicted octanol–water partition coefficient (Wildman–Crippen LogP) is 0.931. The Kier molecular flexibility index (Phi) is 3.61. The maximum atomic E-state index is 11.8. The van der Waals surface area contributed by atoms with Gasteiger partial charge in [-0.2, -0.15) is 0 Å².